The number of imidazole rings is 1. The summed E-state index contributed by atoms with van der Waals surface area (Å²) in [6.07, 6.45) is 2.01. The van der Waals surface area contributed by atoms with Crippen molar-refractivity contribution in [2.24, 2.45) is 5.73 Å². The second-order valence-corrected chi connectivity index (χ2v) is 4.14. The zero-order valence-electron chi connectivity index (χ0n) is 9.99. The van der Waals surface area contributed by atoms with Gasteiger partial charge in [-0.05, 0) is 32.4 Å². The molecule has 0 aliphatic carbocycles. The van der Waals surface area contributed by atoms with Crippen molar-refractivity contribution >= 4 is 0 Å². The largest absolute Gasteiger partial charge is 0.325 e. The Labute approximate surface area is 95.9 Å². The molecule has 1 aromatic carbocycles. The highest BCUT2D eigenvalue weighted by Gasteiger charge is 2.06. The van der Waals surface area contributed by atoms with Gasteiger partial charge in [0.25, 0.3) is 0 Å². The molecule has 0 saturated heterocycles. The standard InChI is InChI=1S/C13H17N3/c1-9-4-5-13(10(2)6-9)16-8-12(7-14)15-11(16)3/h4-6,8H,7,14H2,1-3H3. The number of nitrogens with zero attached hydrogens (tertiary/aromatic N) is 2. The van der Waals surface area contributed by atoms with Crippen molar-refractivity contribution in [2.45, 2.75) is 27.3 Å². The molecule has 0 amide bonds. The minimum Gasteiger partial charge on any atom is -0.325 e. The van der Waals surface area contributed by atoms with Crippen LogP contribution in [0.25, 0.3) is 5.69 Å². The fourth-order valence-electron chi connectivity index (χ4n) is 1.95. The molecule has 0 bridgehead atoms. The summed E-state index contributed by atoms with van der Waals surface area (Å²) >= 11 is 0. The van der Waals surface area contributed by atoms with Gasteiger partial charge in [-0.2, -0.15) is 0 Å². The monoisotopic (exact) mass is 215 g/mol. The normalized spacial score (nSPS) is 10.8. The molecule has 0 fully saturated rings. The molecule has 0 radical (unpaired) electrons. The summed E-state index contributed by atoms with van der Waals surface area (Å²) in [4.78, 5) is 4.41. The Morgan fingerprint density at radius 2 is 2.00 bits per heavy atom. The molecule has 2 aromatic rings. The van der Waals surface area contributed by atoms with Crippen LogP contribution in [0, 0.1) is 20.8 Å². The van der Waals surface area contributed by atoms with Gasteiger partial charge >= 0.3 is 0 Å². The summed E-state index contributed by atoms with van der Waals surface area (Å²) in [6.45, 7) is 6.70. The van der Waals surface area contributed by atoms with E-state index in [9.17, 15) is 0 Å². The minimum atomic E-state index is 0.485. The van der Waals surface area contributed by atoms with Crippen LogP contribution in [0.15, 0.2) is 24.4 Å². The Balaban J connectivity index is 2.53. The van der Waals surface area contributed by atoms with Crippen LogP contribution in [0.2, 0.25) is 0 Å². The summed E-state index contributed by atoms with van der Waals surface area (Å²) in [5.41, 5.74) is 10.2. The van der Waals surface area contributed by atoms with Crippen LogP contribution in [-0.2, 0) is 6.54 Å². The third-order valence-corrected chi connectivity index (χ3v) is 2.75. The molecule has 0 aliphatic rings. The van der Waals surface area contributed by atoms with E-state index in [2.05, 4.69) is 41.6 Å². The van der Waals surface area contributed by atoms with Crippen LogP contribution in [0.1, 0.15) is 22.6 Å². The van der Waals surface area contributed by atoms with Crippen LogP contribution < -0.4 is 5.73 Å². The van der Waals surface area contributed by atoms with Gasteiger partial charge in [-0.1, -0.05) is 17.7 Å². The Morgan fingerprint density at radius 1 is 1.25 bits per heavy atom. The second-order valence-electron chi connectivity index (χ2n) is 4.14. The first-order valence-electron chi connectivity index (χ1n) is 5.44. The van der Waals surface area contributed by atoms with Gasteiger partial charge in [0, 0.05) is 18.4 Å². The average molecular weight is 215 g/mol. The topological polar surface area (TPSA) is 43.8 Å². The molecule has 0 aliphatic heterocycles. The van der Waals surface area contributed by atoms with Crippen molar-refractivity contribution < 1.29 is 0 Å². The number of aryl methyl sites for hydroxylation is 3. The zero-order valence-corrected chi connectivity index (χ0v) is 9.99. The molecule has 2 N–H and O–H groups in total. The molecule has 0 saturated carbocycles. The molecule has 0 unspecified atom stereocenters. The van der Waals surface area contributed by atoms with Gasteiger partial charge < -0.3 is 10.3 Å². The molecule has 2 rings (SSSR count). The number of hydrogen-bond donors (Lipinski definition) is 1. The van der Waals surface area contributed by atoms with Gasteiger partial charge in [0.15, 0.2) is 0 Å². The summed E-state index contributed by atoms with van der Waals surface area (Å²) in [6, 6.07) is 6.42. The summed E-state index contributed by atoms with van der Waals surface area (Å²) in [7, 11) is 0. The van der Waals surface area contributed by atoms with E-state index in [4.69, 9.17) is 5.73 Å². The predicted octanol–water partition coefficient (Wildman–Crippen LogP) is 2.26. The van der Waals surface area contributed by atoms with Crippen LogP contribution in [0.4, 0.5) is 0 Å². The smallest absolute Gasteiger partial charge is 0.110 e. The van der Waals surface area contributed by atoms with Crippen molar-refractivity contribution in [1.82, 2.24) is 9.55 Å². The van der Waals surface area contributed by atoms with Gasteiger partial charge in [-0.15, -0.1) is 0 Å². The van der Waals surface area contributed by atoms with Crippen molar-refractivity contribution in [3.63, 3.8) is 0 Å². The molecule has 1 aromatic heterocycles. The maximum Gasteiger partial charge on any atom is 0.110 e. The van der Waals surface area contributed by atoms with Crippen LogP contribution in [-0.4, -0.2) is 9.55 Å². The number of benzene rings is 1. The Morgan fingerprint density at radius 3 is 2.56 bits per heavy atom. The molecule has 3 heteroatoms. The Bertz CT molecular complexity index is 512. The lowest BCUT2D eigenvalue weighted by Crippen LogP contribution is -1.98. The van der Waals surface area contributed by atoms with Crippen LogP contribution >= 0.6 is 0 Å². The van der Waals surface area contributed by atoms with E-state index >= 15 is 0 Å². The van der Waals surface area contributed by atoms with Crippen molar-refractivity contribution in [1.29, 1.82) is 0 Å². The third kappa shape index (κ3) is 1.86. The number of aromatic nitrogens is 2. The quantitative estimate of drug-likeness (QED) is 0.835. The summed E-state index contributed by atoms with van der Waals surface area (Å²) in [5.74, 6) is 0.979. The van der Waals surface area contributed by atoms with E-state index in [-0.39, 0.29) is 0 Å². The molecule has 3 nitrogen and oxygen atoms in total. The van der Waals surface area contributed by atoms with E-state index in [1.165, 1.54) is 16.8 Å². The van der Waals surface area contributed by atoms with Gasteiger partial charge in [-0.3, -0.25) is 0 Å². The number of nitrogens with two attached hydrogens (primary N) is 1. The first-order chi connectivity index (χ1) is 7.61. The molecular formula is C13H17N3. The SMILES string of the molecule is Cc1ccc(-n2cc(CN)nc2C)c(C)c1. The van der Waals surface area contributed by atoms with Crippen molar-refractivity contribution in [2.75, 3.05) is 0 Å². The van der Waals surface area contributed by atoms with Gasteiger partial charge in [-0.25, -0.2) is 4.98 Å². The minimum absolute atomic E-state index is 0.485. The molecule has 84 valence electrons. The van der Waals surface area contributed by atoms with Crippen molar-refractivity contribution in [3.05, 3.63) is 47.0 Å². The van der Waals surface area contributed by atoms with E-state index in [0.717, 1.165) is 11.5 Å². The Hall–Kier alpha value is -1.61. The lowest BCUT2D eigenvalue weighted by atomic mass is 10.1. The summed E-state index contributed by atoms with van der Waals surface area (Å²) < 4.78 is 2.09. The zero-order chi connectivity index (χ0) is 11.7. The Kier molecular flexibility index (Phi) is 2.79. The fourth-order valence-corrected chi connectivity index (χ4v) is 1.95. The maximum absolute atomic E-state index is 5.60. The second kappa shape index (κ2) is 4.10. The van der Waals surface area contributed by atoms with E-state index in [1.807, 2.05) is 13.1 Å². The molecule has 0 spiro atoms. The molecule has 0 atom stereocenters. The molecule has 1 heterocycles. The number of hydrogen-bond acceptors (Lipinski definition) is 2. The van der Waals surface area contributed by atoms with Gasteiger partial charge in [0.2, 0.25) is 0 Å². The molecular weight excluding hydrogens is 198 g/mol. The van der Waals surface area contributed by atoms with Gasteiger partial charge in [0.1, 0.15) is 5.82 Å². The third-order valence-electron chi connectivity index (χ3n) is 2.75. The van der Waals surface area contributed by atoms with E-state index in [1.54, 1.807) is 0 Å². The van der Waals surface area contributed by atoms with Gasteiger partial charge in [0.05, 0.1) is 5.69 Å². The predicted molar refractivity (Wildman–Crippen MR) is 65.7 cm³/mol. The highest BCUT2D eigenvalue weighted by molar-refractivity contribution is 5.43. The fraction of sp³-hybridized carbons (Fsp3) is 0.308. The first-order valence-corrected chi connectivity index (χ1v) is 5.44. The highest BCUT2D eigenvalue weighted by atomic mass is 15.1. The van der Waals surface area contributed by atoms with E-state index < -0.39 is 0 Å². The lowest BCUT2D eigenvalue weighted by Gasteiger charge is -2.09. The first kappa shape index (κ1) is 10.9. The average Bonchev–Trinajstić information content (AvgIpc) is 2.60. The lowest BCUT2D eigenvalue weighted by molar-refractivity contribution is 0.959. The van der Waals surface area contributed by atoms with Crippen LogP contribution in [0.3, 0.4) is 0 Å². The highest BCUT2D eigenvalue weighted by Crippen LogP contribution is 2.18. The van der Waals surface area contributed by atoms with Crippen molar-refractivity contribution in [3.8, 4) is 5.69 Å². The maximum atomic E-state index is 5.60. The van der Waals surface area contributed by atoms with E-state index in [0.29, 0.717) is 6.54 Å². The molecule has 16 heavy (non-hydrogen) atoms. The number of rotatable bonds is 2. The summed E-state index contributed by atoms with van der Waals surface area (Å²) in [5, 5.41) is 0. The van der Waals surface area contributed by atoms with Crippen LogP contribution in [0.5, 0.6) is 0 Å².